The Morgan fingerprint density at radius 1 is 1.04 bits per heavy atom. The van der Waals surface area contributed by atoms with Crippen LogP contribution in [0.15, 0.2) is 58.0 Å². The Bertz CT molecular complexity index is 801. The molecule has 2 aromatic rings. The highest BCUT2D eigenvalue weighted by Gasteiger charge is 2.32. The van der Waals surface area contributed by atoms with Gasteiger partial charge in [-0.3, -0.25) is 9.59 Å². The number of benzene rings is 1. The lowest BCUT2D eigenvalue weighted by Crippen LogP contribution is -2.42. The van der Waals surface area contributed by atoms with Gasteiger partial charge in [0.15, 0.2) is 9.84 Å². The van der Waals surface area contributed by atoms with E-state index in [1.54, 1.807) is 24.3 Å². The summed E-state index contributed by atoms with van der Waals surface area (Å²) in [6.07, 6.45) is 2.05. The lowest BCUT2D eigenvalue weighted by Gasteiger charge is -2.16. The average molecular weight is 364 g/mol. The Hall–Kier alpha value is -2.61. The van der Waals surface area contributed by atoms with Gasteiger partial charge < -0.3 is 15.1 Å². The molecule has 0 radical (unpaired) electrons. The van der Waals surface area contributed by atoms with Gasteiger partial charge in [-0.1, -0.05) is 25.1 Å². The Kier molecular flexibility index (Phi) is 6.35. The molecule has 1 atom stereocenters. The fourth-order valence-corrected chi connectivity index (χ4v) is 3.80. The maximum absolute atomic E-state index is 12.9. The molecule has 2 N–H and O–H groups in total. The zero-order chi connectivity index (χ0) is 18.3. The van der Waals surface area contributed by atoms with Gasteiger partial charge in [-0.2, -0.15) is 0 Å². The first-order valence-corrected chi connectivity index (χ1v) is 9.39. The van der Waals surface area contributed by atoms with Crippen LogP contribution in [0.2, 0.25) is 0 Å². The molecule has 7 nitrogen and oxygen atoms in total. The summed E-state index contributed by atoms with van der Waals surface area (Å²) in [6, 6.07) is 11.0. The molecule has 0 aliphatic heterocycles. The topological polar surface area (TPSA) is 105 Å². The van der Waals surface area contributed by atoms with E-state index in [1.807, 2.05) is 6.92 Å². The Morgan fingerprint density at radius 2 is 1.72 bits per heavy atom. The summed E-state index contributed by atoms with van der Waals surface area (Å²) in [5.74, 6) is -1.48. The van der Waals surface area contributed by atoms with Crippen molar-refractivity contribution in [3.63, 3.8) is 0 Å². The Labute approximate surface area is 146 Å². The van der Waals surface area contributed by atoms with Crippen LogP contribution in [-0.4, -0.2) is 33.3 Å². The molecule has 25 heavy (non-hydrogen) atoms. The van der Waals surface area contributed by atoms with Gasteiger partial charge in [0, 0.05) is 13.1 Å². The van der Waals surface area contributed by atoms with Crippen molar-refractivity contribution >= 4 is 21.7 Å². The monoisotopic (exact) mass is 364 g/mol. The standard InChI is InChI=1S/C17H20N2O5S/c1-2-10-18-16(20)17(21)19-12-15(14-9-6-11-24-14)25(22,23)13-7-4-3-5-8-13/h3-9,11,15H,2,10,12H2,1H3,(H,18,20)(H,19,21)/t15-/m1/s1. The first-order chi connectivity index (χ1) is 12.0. The van der Waals surface area contributed by atoms with E-state index in [-0.39, 0.29) is 17.2 Å². The minimum Gasteiger partial charge on any atom is -0.468 e. The average Bonchev–Trinajstić information content (AvgIpc) is 3.14. The normalized spacial score (nSPS) is 12.4. The number of sulfone groups is 1. The van der Waals surface area contributed by atoms with Crippen molar-refractivity contribution in [2.24, 2.45) is 0 Å². The molecule has 0 fully saturated rings. The van der Waals surface area contributed by atoms with Crippen molar-refractivity contribution in [2.45, 2.75) is 23.5 Å². The van der Waals surface area contributed by atoms with Crippen LogP contribution in [-0.2, 0) is 19.4 Å². The van der Waals surface area contributed by atoms with Gasteiger partial charge in [0.05, 0.1) is 11.2 Å². The molecule has 1 heterocycles. The molecule has 0 unspecified atom stereocenters. The fraction of sp³-hybridized carbons (Fsp3) is 0.294. The molecule has 1 aromatic carbocycles. The van der Waals surface area contributed by atoms with Crippen LogP contribution in [0.1, 0.15) is 24.4 Å². The van der Waals surface area contributed by atoms with Crippen molar-refractivity contribution in [2.75, 3.05) is 13.1 Å². The lowest BCUT2D eigenvalue weighted by molar-refractivity contribution is -0.139. The van der Waals surface area contributed by atoms with E-state index < -0.39 is 26.9 Å². The molecule has 0 bridgehead atoms. The fourth-order valence-electron chi connectivity index (χ4n) is 2.20. The van der Waals surface area contributed by atoms with Gasteiger partial charge in [-0.15, -0.1) is 0 Å². The molecule has 8 heteroatoms. The van der Waals surface area contributed by atoms with Crippen LogP contribution in [0.5, 0.6) is 0 Å². The van der Waals surface area contributed by atoms with E-state index in [2.05, 4.69) is 10.6 Å². The van der Waals surface area contributed by atoms with Crippen LogP contribution >= 0.6 is 0 Å². The summed E-state index contributed by atoms with van der Waals surface area (Å²) in [6.45, 7) is 1.96. The molecule has 0 spiro atoms. The number of carbonyl (C=O) groups is 2. The molecule has 2 rings (SSSR count). The van der Waals surface area contributed by atoms with E-state index in [9.17, 15) is 18.0 Å². The second-order valence-corrected chi connectivity index (χ2v) is 7.46. The van der Waals surface area contributed by atoms with Gasteiger partial charge in [0.1, 0.15) is 11.0 Å². The molecule has 134 valence electrons. The largest absolute Gasteiger partial charge is 0.468 e. The number of amides is 2. The minimum atomic E-state index is -3.80. The molecule has 1 aromatic heterocycles. The third-order valence-corrected chi connectivity index (χ3v) is 5.57. The first-order valence-electron chi connectivity index (χ1n) is 7.85. The second kappa shape index (κ2) is 8.48. The highest BCUT2D eigenvalue weighted by atomic mass is 32.2. The van der Waals surface area contributed by atoms with Crippen LogP contribution in [0.25, 0.3) is 0 Å². The highest BCUT2D eigenvalue weighted by Crippen LogP contribution is 2.28. The zero-order valence-corrected chi connectivity index (χ0v) is 14.6. The Morgan fingerprint density at radius 3 is 2.32 bits per heavy atom. The molecular formula is C17H20N2O5S. The van der Waals surface area contributed by atoms with Gasteiger partial charge in [-0.05, 0) is 30.7 Å². The van der Waals surface area contributed by atoms with Crippen LogP contribution in [0, 0.1) is 0 Å². The van der Waals surface area contributed by atoms with E-state index in [4.69, 9.17) is 4.42 Å². The number of nitrogens with one attached hydrogen (secondary N) is 2. The summed E-state index contributed by atoms with van der Waals surface area (Å²) in [4.78, 5) is 23.6. The van der Waals surface area contributed by atoms with Crippen molar-refractivity contribution in [1.29, 1.82) is 0 Å². The number of hydrogen-bond donors (Lipinski definition) is 2. The van der Waals surface area contributed by atoms with Crippen LogP contribution in [0.3, 0.4) is 0 Å². The lowest BCUT2D eigenvalue weighted by atomic mass is 10.3. The summed E-state index contributed by atoms with van der Waals surface area (Å²) < 4.78 is 31.0. The smallest absolute Gasteiger partial charge is 0.309 e. The predicted molar refractivity (Wildman–Crippen MR) is 91.4 cm³/mol. The number of rotatable bonds is 7. The van der Waals surface area contributed by atoms with E-state index in [0.717, 1.165) is 0 Å². The van der Waals surface area contributed by atoms with E-state index in [0.29, 0.717) is 13.0 Å². The van der Waals surface area contributed by atoms with E-state index >= 15 is 0 Å². The van der Waals surface area contributed by atoms with E-state index in [1.165, 1.54) is 24.5 Å². The van der Waals surface area contributed by atoms with Gasteiger partial charge in [-0.25, -0.2) is 8.42 Å². The molecule has 0 saturated carbocycles. The van der Waals surface area contributed by atoms with Crippen LogP contribution in [0.4, 0.5) is 0 Å². The molecular weight excluding hydrogens is 344 g/mol. The predicted octanol–water partition coefficient (Wildman–Crippen LogP) is 1.44. The Balaban J connectivity index is 2.18. The third-order valence-electron chi connectivity index (χ3n) is 3.50. The number of carbonyl (C=O) groups excluding carboxylic acids is 2. The molecule has 0 saturated heterocycles. The zero-order valence-electron chi connectivity index (χ0n) is 13.8. The summed E-state index contributed by atoms with van der Waals surface area (Å²) in [5, 5.41) is 3.67. The SMILES string of the molecule is CCCNC(=O)C(=O)NC[C@H](c1ccco1)S(=O)(=O)c1ccccc1. The van der Waals surface area contributed by atoms with Crippen molar-refractivity contribution in [3.8, 4) is 0 Å². The molecule has 2 amide bonds. The van der Waals surface area contributed by atoms with Gasteiger partial charge in [0.25, 0.3) is 0 Å². The highest BCUT2D eigenvalue weighted by molar-refractivity contribution is 7.91. The second-order valence-electron chi connectivity index (χ2n) is 5.33. The molecule has 0 aliphatic rings. The summed E-state index contributed by atoms with van der Waals surface area (Å²) in [5.41, 5.74) is 0. The van der Waals surface area contributed by atoms with Crippen molar-refractivity contribution in [3.05, 3.63) is 54.5 Å². The van der Waals surface area contributed by atoms with Gasteiger partial charge in [0.2, 0.25) is 0 Å². The molecule has 0 aliphatic carbocycles. The maximum Gasteiger partial charge on any atom is 0.309 e. The minimum absolute atomic E-state index is 0.112. The maximum atomic E-state index is 12.9. The first kappa shape index (κ1) is 18.7. The third kappa shape index (κ3) is 4.69. The summed E-state index contributed by atoms with van der Waals surface area (Å²) in [7, 11) is -3.80. The quantitative estimate of drug-likeness (QED) is 0.723. The van der Waals surface area contributed by atoms with Crippen LogP contribution < -0.4 is 10.6 Å². The number of hydrogen-bond acceptors (Lipinski definition) is 5. The number of furan rings is 1. The van der Waals surface area contributed by atoms with Crippen molar-refractivity contribution < 1.29 is 22.4 Å². The summed E-state index contributed by atoms with van der Waals surface area (Å²) >= 11 is 0. The van der Waals surface area contributed by atoms with Crippen molar-refractivity contribution in [1.82, 2.24) is 10.6 Å². The van der Waals surface area contributed by atoms with Gasteiger partial charge >= 0.3 is 11.8 Å².